The van der Waals surface area contributed by atoms with E-state index in [0.29, 0.717) is 0 Å². The molecule has 0 saturated heterocycles. The van der Waals surface area contributed by atoms with Crippen molar-refractivity contribution >= 4 is 16.8 Å². The predicted octanol–water partition coefficient (Wildman–Crippen LogP) is 2.45. The van der Waals surface area contributed by atoms with E-state index >= 15 is 0 Å². The van der Waals surface area contributed by atoms with E-state index in [1.807, 2.05) is 31.2 Å². The maximum atomic E-state index is 7.68. The minimum atomic E-state index is 0.208. The average molecular weight is 188 g/mol. The molecule has 2 rings (SSSR count). The van der Waals surface area contributed by atoms with Gasteiger partial charge in [-0.2, -0.15) is 0 Å². The Morgan fingerprint density at radius 1 is 1.36 bits per heavy atom. The Bertz CT molecular complexity index is 485. The summed E-state index contributed by atoms with van der Waals surface area (Å²) in [5.74, 6) is 0.208. The highest BCUT2D eigenvalue weighted by Crippen LogP contribution is 2.22. The lowest BCUT2D eigenvalue weighted by Gasteiger charge is -2.01. The number of aryl methyl sites for hydroxylation is 1. The van der Waals surface area contributed by atoms with Crippen molar-refractivity contribution in [2.24, 2.45) is 0 Å². The van der Waals surface area contributed by atoms with E-state index in [1.165, 1.54) is 7.11 Å². The monoisotopic (exact) mass is 188 g/mol. The number of aromatic amines is 1. The van der Waals surface area contributed by atoms with Gasteiger partial charge in [-0.05, 0) is 13.0 Å². The number of nitrogens with one attached hydrogen (secondary N) is 2. The van der Waals surface area contributed by atoms with Crippen LogP contribution in [-0.2, 0) is 4.74 Å². The Balaban J connectivity index is 2.74. The molecule has 3 nitrogen and oxygen atoms in total. The van der Waals surface area contributed by atoms with Crippen molar-refractivity contribution in [3.8, 4) is 0 Å². The van der Waals surface area contributed by atoms with Gasteiger partial charge in [-0.15, -0.1) is 0 Å². The molecule has 0 aliphatic rings. The number of benzene rings is 1. The van der Waals surface area contributed by atoms with E-state index in [-0.39, 0.29) is 5.90 Å². The van der Waals surface area contributed by atoms with Crippen molar-refractivity contribution in [2.45, 2.75) is 6.92 Å². The molecule has 72 valence electrons. The van der Waals surface area contributed by atoms with Crippen molar-refractivity contribution in [3.63, 3.8) is 0 Å². The van der Waals surface area contributed by atoms with Gasteiger partial charge in [-0.1, -0.05) is 18.2 Å². The molecule has 1 aromatic carbocycles. The normalized spacial score (nSPS) is 10.4. The zero-order valence-electron chi connectivity index (χ0n) is 8.22. The highest BCUT2D eigenvalue weighted by Gasteiger charge is 2.12. The molecule has 2 aromatic rings. The maximum absolute atomic E-state index is 7.68. The van der Waals surface area contributed by atoms with E-state index in [0.717, 1.165) is 22.2 Å². The van der Waals surface area contributed by atoms with Crippen LogP contribution < -0.4 is 0 Å². The highest BCUT2D eigenvalue weighted by atomic mass is 16.5. The lowest BCUT2D eigenvalue weighted by atomic mass is 10.1. The fraction of sp³-hybridized carbons (Fsp3) is 0.182. The second kappa shape index (κ2) is 3.18. The van der Waals surface area contributed by atoms with Crippen LogP contribution in [0.15, 0.2) is 24.3 Å². The minimum absolute atomic E-state index is 0.208. The number of methoxy groups -OCH3 is 1. The van der Waals surface area contributed by atoms with Gasteiger partial charge in [0.2, 0.25) is 5.90 Å². The third kappa shape index (κ3) is 1.18. The van der Waals surface area contributed by atoms with E-state index in [1.54, 1.807) is 0 Å². The largest absolute Gasteiger partial charge is 0.481 e. The lowest BCUT2D eigenvalue weighted by molar-refractivity contribution is 0.401. The molecule has 0 saturated carbocycles. The Morgan fingerprint density at radius 3 is 2.79 bits per heavy atom. The zero-order chi connectivity index (χ0) is 10.1. The summed E-state index contributed by atoms with van der Waals surface area (Å²) in [6, 6.07) is 7.91. The summed E-state index contributed by atoms with van der Waals surface area (Å²) in [6.07, 6.45) is 0. The van der Waals surface area contributed by atoms with E-state index < -0.39 is 0 Å². The maximum Gasteiger partial charge on any atom is 0.215 e. The summed E-state index contributed by atoms with van der Waals surface area (Å²) in [5, 5.41) is 8.71. The number of hydrogen-bond acceptors (Lipinski definition) is 2. The molecular weight excluding hydrogens is 176 g/mol. The summed E-state index contributed by atoms with van der Waals surface area (Å²) >= 11 is 0. The molecule has 1 heterocycles. The first kappa shape index (κ1) is 8.81. The van der Waals surface area contributed by atoms with Crippen LogP contribution in [0.3, 0.4) is 0 Å². The fourth-order valence-electron chi connectivity index (χ4n) is 1.67. The van der Waals surface area contributed by atoms with Crippen LogP contribution in [0.5, 0.6) is 0 Å². The molecule has 0 atom stereocenters. The Morgan fingerprint density at radius 2 is 2.07 bits per heavy atom. The fourth-order valence-corrected chi connectivity index (χ4v) is 1.67. The second-order valence-corrected chi connectivity index (χ2v) is 3.20. The van der Waals surface area contributed by atoms with Crippen molar-refractivity contribution in [3.05, 3.63) is 35.5 Å². The van der Waals surface area contributed by atoms with Gasteiger partial charge in [0.05, 0.1) is 12.7 Å². The summed E-state index contributed by atoms with van der Waals surface area (Å²) < 4.78 is 4.95. The van der Waals surface area contributed by atoms with Gasteiger partial charge in [-0.3, -0.25) is 5.41 Å². The number of ether oxygens (including phenoxy) is 1. The SMILES string of the molecule is COC(=N)c1c(C)[nH]c2ccccc12. The number of H-pyrrole nitrogens is 1. The third-order valence-electron chi connectivity index (χ3n) is 2.32. The standard InChI is InChI=1S/C11H12N2O/c1-7-10(11(12)14-2)8-5-3-4-6-9(8)13-7/h3-6,12-13H,1-2H3. The summed E-state index contributed by atoms with van der Waals surface area (Å²) in [4.78, 5) is 3.22. The molecular formula is C11H12N2O. The Kier molecular flexibility index (Phi) is 2.00. The molecule has 0 fully saturated rings. The average Bonchev–Trinajstić information content (AvgIpc) is 2.53. The molecule has 0 aliphatic heterocycles. The van der Waals surface area contributed by atoms with Crippen LogP contribution in [0.25, 0.3) is 10.9 Å². The molecule has 3 heteroatoms. The minimum Gasteiger partial charge on any atom is -0.481 e. The molecule has 0 aliphatic carbocycles. The molecule has 0 radical (unpaired) electrons. The van der Waals surface area contributed by atoms with Gasteiger partial charge in [0, 0.05) is 16.6 Å². The number of fused-ring (bicyclic) bond motifs is 1. The zero-order valence-corrected chi connectivity index (χ0v) is 8.22. The van der Waals surface area contributed by atoms with Crippen LogP contribution >= 0.6 is 0 Å². The molecule has 0 bridgehead atoms. The van der Waals surface area contributed by atoms with E-state index in [4.69, 9.17) is 10.1 Å². The lowest BCUT2D eigenvalue weighted by Crippen LogP contribution is -2.01. The molecule has 0 amide bonds. The molecule has 14 heavy (non-hydrogen) atoms. The second-order valence-electron chi connectivity index (χ2n) is 3.20. The van der Waals surface area contributed by atoms with Gasteiger partial charge in [0.25, 0.3) is 0 Å². The molecule has 1 aromatic heterocycles. The van der Waals surface area contributed by atoms with E-state index in [9.17, 15) is 0 Å². The number of rotatable bonds is 1. The van der Waals surface area contributed by atoms with Crippen molar-refractivity contribution in [2.75, 3.05) is 7.11 Å². The predicted molar refractivity (Wildman–Crippen MR) is 56.9 cm³/mol. The first-order valence-electron chi connectivity index (χ1n) is 4.44. The van der Waals surface area contributed by atoms with Crippen LogP contribution in [-0.4, -0.2) is 18.0 Å². The van der Waals surface area contributed by atoms with Crippen LogP contribution in [0, 0.1) is 12.3 Å². The van der Waals surface area contributed by atoms with E-state index in [2.05, 4.69) is 4.98 Å². The first-order valence-corrected chi connectivity index (χ1v) is 4.44. The molecule has 0 spiro atoms. The van der Waals surface area contributed by atoms with Gasteiger partial charge in [-0.25, -0.2) is 0 Å². The molecule has 2 N–H and O–H groups in total. The number of hydrogen-bond donors (Lipinski definition) is 2. The van der Waals surface area contributed by atoms with Gasteiger partial charge >= 0.3 is 0 Å². The summed E-state index contributed by atoms with van der Waals surface area (Å²) in [7, 11) is 1.52. The Hall–Kier alpha value is -1.77. The van der Waals surface area contributed by atoms with Crippen molar-refractivity contribution < 1.29 is 4.74 Å². The highest BCUT2D eigenvalue weighted by molar-refractivity contribution is 6.06. The first-order chi connectivity index (χ1) is 6.74. The quantitative estimate of drug-likeness (QED) is 0.524. The van der Waals surface area contributed by atoms with Crippen LogP contribution in [0.1, 0.15) is 11.3 Å². The smallest absolute Gasteiger partial charge is 0.215 e. The topological polar surface area (TPSA) is 48.9 Å². The number of aromatic nitrogens is 1. The molecule has 0 unspecified atom stereocenters. The van der Waals surface area contributed by atoms with Crippen molar-refractivity contribution in [1.29, 1.82) is 5.41 Å². The van der Waals surface area contributed by atoms with Crippen LogP contribution in [0.4, 0.5) is 0 Å². The van der Waals surface area contributed by atoms with Crippen molar-refractivity contribution in [1.82, 2.24) is 4.98 Å². The Labute approximate surface area is 82.2 Å². The van der Waals surface area contributed by atoms with Crippen LogP contribution in [0.2, 0.25) is 0 Å². The van der Waals surface area contributed by atoms with Gasteiger partial charge in [0.15, 0.2) is 0 Å². The summed E-state index contributed by atoms with van der Waals surface area (Å²) in [6.45, 7) is 1.95. The van der Waals surface area contributed by atoms with Gasteiger partial charge in [0.1, 0.15) is 0 Å². The number of para-hydroxylation sites is 1. The third-order valence-corrected chi connectivity index (χ3v) is 2.32. The summed E-state index contributed by atoms with van der Waals surface area (Å²) in [5.41, 5.74) is 2.86. The van der Waals surface area contributed by atoms with Gasteiger partial charge < -0.3 is 9.72 Å².